The highest BCUT2D eigenvalue weighted by Crippen LogP contribution is 2.07. The summed E-state index contributed by atoms with van der Waals surface area (Å²) < 4.78 is 4.35. The molecule has 0 radical (unpaired) electrons. The minimum Gasteiger partial charge on any atom is -0.463 e. The highest BCUT2D eigenvalue weighted by molar-refractivity contribution is 5.87. The summed E-state index contributed by atoms with van der Waals surface area (Å²) in [5, 5.41) is 10.3. The molecule has 0 saturated heterocycles. The number of hydrogen-bond donors (Lipinski definition) is 0. The molecule has 13 heavy (non-hydrogen) atoms. The topological polar surface area (TPSA) is 82.3 Å². The fourth-order valence-corrected chi connectivity index (χ4v) is 0.743. The first-order valence-electron chi connectivity index (χ1n) is 3.35. The van der Waals surface area contributed by atoms with Crippen molar-refractivity contribution in [1.82, 2.24) is 4.98 Å². The van der Waals surface area contributed by atoms with Gasteiger partial charge in [0, 0.05) is 6.07 Å². The Balaban J connectivity index is 3.05. The number of carbonyl (C=O) groups is 1. The molecule has 68 valence electrons. The number of esters is 1. The third-order valence-electron chi connectivity index (χ3n) is 1.32. The Morgan fingerprint density at radius 3 is 2.85 bits per heavy atom. The van der Waals surface area contributed by atoms with Gasteiger partial charge < -0.3 is 14.9 Å². The van der Waals surface area contributed by atoms with Crippen molar-refractivity contribution >= 4 is 11.8 Å². The van der Waals surface area contributed by atoms with Crippen LogP contribution in [0.3, 0.4) is 0 Å². The highest BCUT2D eigenvalue weighted by atomic mass is 16.6. The zero-order valence-electron chi connectivity index (χ0n) is 6.76. The molecule has 0 N–H and O–H groups in total. The lowest BCUT2D eigenvalue weighted by molar-refractivity contribution is -0.389. The summed E-state index contributed by atoms with van der Waals surface area (Å²) in [5.41, 5.74) is -0.0725. The molecule has 0 fully saturated rings. The first-order valence-corrected chi connectivity index (χ1v) is 3.35. The van der Waals surface area contributed by atoms with Gasteiger partial charge in [0.15, 0.2) is 0 Å². The molecule has 1 heterocycles. The number of aromatic nitrogens is 1. The van der Waals surface area contributed by atoms with E-state index in [0.29, 0.717) is 0 Å². The molecule has 1 aromatic heterocycles. The average molecular weight is 182 g/mol. The molecule has 0 amide bonds. The summed E-state index contributed by atoms with van der Waals surface area (Å²) in [6.45, 7) is 0. The van der Waals surface area contributed by atoms with Crippen LogP contribution in [0.4, 0.5) is 5.82 Å². The van der Waals surface area contributed by atoms with Crippen molar-refractivity contribution < 1.29 is 14.5 Å². The van der Waals surface area contributed by atoms with Gasteiger partial charge >= 0.3 is 11.8 Å². The number of rotatable bonds is 2. The van der Waals surface area contributed by atoms with Gasteiger partial charge in [0.2, 0.25) is 0 Å². The molecule has 6 heteroatoms. The average Bonchev–Trinajstić information content (AvgIpc) is 2.17. The van der Waals surface area contributed by atoms with Crippen molar-refractivity contribution in [3.63, 3.8) is 0 Å². The van der Waals surface area contributed by atoms with Crippen LogP contribution < -0.4 is 0 Å². The second-order valence-corrected chi connectivity index (χ2v) is 2.13. The standard InChI is InChI=1S/C7H6N2O4/c1-13-7(10)5-3-2-4-6(8-5)9(11)12/h2-4H,1H3. The Labute approximate surface area is 73.3 Å². The summed E-state index contributed by atoms with van der Waals surface area (Å²) in [6, 6.07) is 3.92. The molecule has 6 nitrogen and oxygen atoms in total. The van der Waals surface area contributed by atoms with E-state index >= 15 is 0 Å². The first kappa shape index (κ1) is 9.11. The van der Waals surface area contributed by atoms with Gasteiger partial charge in [-0.2, -0.15) is 0 Å². The maximum absolute atomic E-state index is 10.9. The Hall–Kier alpha value is -1.98. The normalized spacial score (nSPS) is 9.31. The number of methoxy groups -OCH3 is 1. The van der Waals surface area contributed by atoms with Gasteiger partial charge in [0.05, 0.1) is 7.11 Å². The molecule has 1 aromatic rings. The predicted molar refractivity (Wildman–Crippen MR) is 42.2 cm³/mol. The molecule has 0 bridgehead atoms. The third kappa shape index (κ3) is 1.98. The van der Waals surface area contributed by atoms with E-state index in [1.165, 1.54) is 25.3 Å². The Kier molecular flexibility index (Phi) is 2.53. The molecule has 0 spiro atoms. The summed E-state index contributed by atoms with van der Waals surface area (Å²) >= 11 is 0. The van der Waals surface area contributed by atoms with Gasteiger partial charge in [-0.1, -0.05) is 0 Å². The van der Waals surface area contributed by atoms with Crippen molar-refractivity contribution in [3.8, 4) is 0 Å². The SMILES string of the molecule is COC(=O)c1cccc([N+](=O)[O-])n1. The van der Waals surface area contributed by atoms with E-state index in [0.717, 1.165) is 0 Å². The van der Waals surface area contributed by atoms with E-state index in [9.17, 15) is 14.9 Å². The highest BCUT2D eigenvalue weighted by Gasteiger charge is 2.16. The van der Waals surface area contributed by atoms with E-state index < -0.39 is 10.9 Å². The van der Waals surface area contributed by atoms with Gasteiger partial charge in [-0.15, -0.1) is 0 Å². The molecular formula is C7H6N2O4. The largest absolute Gasteiger partial charge is 0.463 e. The summed E-state index contributed by atoms with van der Waals surface area (Å²) in [4.78, 5) is 23.9. The quantitative estimate of drug-likeness (QED) is 0.383. The zero-order chi connectivity index (χ0) is 9.84. The van der Waals surface area contributed by atoms with Gasteiger partial charge in [-0.25, -0.2) is 4.79 Å². The van der Waals surface area contributed by atoms with Gasteiger partial charge in [0.25, 0.3) is 5.69 Å². The molecule has 0 aliphatic heterocycles. The van der Waals surface area contributed by atoms with Crippen molar-refractivity contribution in [2.24, 2.45) is 0 Å². The number of hydrogen-bond acceptors (Lipinski definition) is 5. The monoisotopic (exact) mass is 182 g/mol. The van der Waals surface area contributed by atoms with Crippen LogP contribution in [0.25, 0.3) is 0 Å². The molecule has 0 saturated carbocycles. The minimum atomic E-state index is -0.691. The Morgan fingerprint density at radius 2 is 2.31 bits per heavy atom. The van der Waals surface area contributed by atoms with Gasteiger partial charge in [0.1, 0.15) is 0 Å². The molecule has 1 rings (SSSR count). The van der Waals surface area contributed by atoms with Crippen LogP contribution in [-0.4, -0.2) is 23.0 Å². The number of nitrogens with zero attached hydrogens (tertiary/aromatic N) is 2. The van der Waals surface area contributed by atoms with Crippen LogP contribution in [0, 0.1) is 10.1 Å². The summed E-state index contributed by atoms with van der Waals surface area (Å²) in [5.74, 6) is -1.06. The van der Waals surface area contributed by atoms with Crippen molar-refractivity contribution in [1.29, 1.82) is 0 Å². The van der Waals surface area contributed by atoms with E-state index in [-0.39, 0.29) is 11.5 Å². The summed E-state index contributed by atoms with van der Waals surface area (Å²) in [6.07, 6.45) is 0. The Bertz CT molecular complexity index is 350. The van der Waals surface area contributed by atoms with Crippen molar-refractivity contribution in [2.75, 3.05) is 7.11 Å². The second-order valence-electron chi connectivity index (χ2n) is 2.13. The Morgan fingerprint density at radius 1 is 1.62 bits per heavy atom. The smallest absolute Gasteiger partial charge is 0.382 e. The molecule has 0 unspecified atom stereocenters. The van der Waals surface area contributed by atoms with Crippen LogP contribution in [0.5, 0.6) is 0 Å². The van der Waals surface area contributed by atoms with Crippen molar-refractivity contribution in [2.45, 2.75) is 0 Å². The maximum Gasteiger partial charge on any atom is 0.382 e. The fourth-order valence-electron chi connectivity index (χ4n) is 0.743. The number of ether oxygens (including phenoxy) is 1. The zero-order valence-corrected chi connectivity index (χ0v) is 6.76. The number of carbonyl (C=O) groups excluding carboxylic acids is 1. The lowest BCUT2D eigenvalue weighted by Gasteiger charge is -1.94. The van der Waals surface area contributed by atoms with Gasteiger partial charge in [-0.05, 0) is 22.0 Å². The molecular weight excluding hydrogens is 176 g/mol. The maximum atomic E-state index is 10.9. The van der Waals surface area contributed by atoms with Crippen LogP contribution in [0.2, 0.25) is 0 Å². The van der Waals surface area contributed by atoms with Crippen LogP contribution in [0.15, 0.2) is 18.2 Å². The lowest BCUT2D eigenvalue weighted by atomic mass is 10.3. The molecule has 0 atom stereocenters. The number of nitro groups is 1. The fraction of sp³-hybridized carbons (Fsp3) is 0.143. The van der Waals surface area contributed by atoms with E-state index in [4.69, 9.17) is 0 Å². The third-order valence-corrected chi connectivity index (χ3v) is 1.32. The second kappa shape index (κ2) is 3.61. The van der Waals surface area contributed by atoms with Crippen LogP contribution in [-0.2, 0) is 4.74 Å². The molecule has 0 aliphatic carbocycles. The van der Waals surface area contributed by atoms with E-state index in [1.54, 1.807) is 0 Å². The van der Waals surface area contributed by atoms with Crippen molar-refractivity contribution in [3.05, 3.63) is 34.0 Å². The first-order chi connectivity index (χ1) is 6.15. The number of pyridine rings is 1. The lowest BCUT2D eigenvalue weighted by Crippen LogP contribution is -2.05. The van der Waals surface area contributed by atoms with E-state index in [2.05, 4.69) is 9.72 Å². The van der Waals surface area contributed by atoms with Crippen LogP contribution in [0.1, 0.15) is 10.5 Å². The molecule has 0 aromatic carbocycles. The van der Waals surface area contributed by atoms with E-state index in [1.807, 2.05) is 0 Å². The van der Waals surface area contributed by atoms with Crippen LogP contribution >= 0.6 is 0 Å². The summed E-state index contributed by atoms with van der Waals surface area (Å²) in [7, 11) is 1.18. The molecule has 0 aliphatic rings. The predicted octanol–water partition coefficient (Wildman–Crippen LogP) is 0.776. The van der Waals surface area contributed by atoms with Gasteiger partial charge in [-0.3, -0.25) is 0 Å². The minimum absolute atomic E-state index is 0.0725.